The first-order valence-corrected chi connectivity index (χ1v) is 14.5. The van der Waals surface area contributed by atoms with Gasteiger partial charge in [0.2, 0.25) is 0 Å². The monoisotopic (exact) mass is 478 g/mol. The minimum absolute atomic E-state index is 0.0142. The average Bonchev–Trinajstić information content (AvgIpc) is 2.75. The van der Waals surface area contributed by atoms with E-state index in [0.717, 1.165) is 17.5 Å². The van der Waals surface area contributed by atoms with E-state index in [9.17, 15) is 9.90 Å². The van der Waals surface area contributed by atoms with Crippen LogP contribution in [-0.2, 0) is 20.6 Å². The molecule has 0 aliphatic heterocycles. The van der Waals surface area contributed by atoms with Gasteiger partial charge in [-0.05, 0) is 54.6 Å². The van der Waals surface area contributed by atoms with Crippen molar-refractivity contribution in [1.82, 2.24) is 0 Å². The summed E-state index contributed by atoms with van der Waals surface area (Å²) in [6, 6.07) is 7.41. The van der Waals surface area contributed by atoms with Gasteiger partial charge < -0.3 is 24.5 Å². The van der Waals surface area contributed by atoms with E-state index < -0.39 is 26.3 Å². The van der Waals surface area contributed by atoms with Crippen molar-refractivity contribution in [2.24, 2.45) is 11.8 Å². The third-order valence-electron chi connectivity index (χ3n) is 6.66. The summed E-state index contributed by atoms with van der Waals surface area (Å²) >= 11 is 0. The highest BCUT2D eigenvalue weighted by Crippen LogP contribution is 2.37. The molecule has 0 unspecified atom stereocenters. The zero-order valence-electron chi connectivity index (χ0n) is 21.5. The number of carbonyl (C=O) groups excluding carboxylic acids is 1. The van der Waals surface area contributed by atoms with E-state index in [1.54, 1.807) is 7.11 Å². The second-order valence-electron chi connectivity index (χ2n) is 10.4. The van der Waals surface area contributed by atoms with Crippen molar-refractivity contribution in [2.45, 2.75) is 84.4 Å². The van der Waals surface area contributed by atoms with Gasteiger partial charge in [0.1, 0.15) is 11.9 Å². The van der Waals surface area contributed by atoms with Gasteiger partial charge in [-0.1, -0.05) is 46.8 Å². The number of aliphatic hydroxyl groups is 1. The Hall–Kier alpha value is -1.83. The first-order valence-electron chi connectivity index (χ1n) is 11.6. The van der Waals surface area contributed by atoms with Crippen molar-refractivity contribution in [3.8, 4) is 5.75 Å². The van der Waals surface area contributed by atoms with E-state index in [4.69, 9.17) is 19.4 Å². The van der Waals surface area contributed by atoms with Crippen LogP contribution in [0.1, 0.15) is 53.0 Å². The van der Waals surface area contributed by atoms with E-state index in [1.807, 2.05) is 38.1 Å². The van der Waals surface area contributed by atoms with Crippen molar-refractivity contribution >= 4 is 20.3 Å². The van der Waals surface area contributed by atoms with Crippen LogP contribution in [0.2, 0.25) is 18.1 Å². The van der Waals surface area contributed by atoms with Gasteiger partial charge >= 0.3 is 6.21 Å². The highest BCUT2D eigenvalue weighted by molar-refractivity contribution is 6.74. The Morgan fingerprint density at radius 2 is 1.76 bits per heavy atom. The maximum atomic E-state index is 12.5. The number of Topliss-reactive ketones (excluding diaryl/α,β-unsaturated/α-hetero) is 1. The Labute approximate surface area is 200 Å². The molecule has 4 atom stereocenters. The lowest BCUT2D eigenvalue weighted by Gasteiger charge is -2.37. The normalized spacial score (nSPS) is 15.8. The van der Waals surface area contributed by atoms with E-state index in [0.29, 0.717) is 19.4 Å². The molecule has 0 saturated carbocycles. The van der Waals surface area contributed by atoms with Crippen molar-refractivity contribution < 1.29 is 28.6 Å². The van der Waals surface area contributed by atoms with Crippen LogP contribution < -0.4 is 4.74 Å². The molecule has 0 aliphatic rings. The van der Waals surface area contributed by atoms with Crippen molar-refractivity contribution in [3.05, 3.63) is 35.4 Å². The van der Waals surface area contributed by atoms with Gasteiger partial charge in [0.25, 0.3) is 5.78 Å². The molecule has 186 valence electrons. The van der Waals surface area contributed by atoms with Crippen LogP contribution in [0.25, 0.3) is 5.53 Å². The smallest absolute Gasteiger partial charge is 0.325 e. The fourth-order valence-electron chi connectivity index (χ4n) is 3.10. The first kappa shape index (κ1) is 29.2. The van der Waals surface area contributed by atoms with Gasteiger partial charge in [0.15, 0.2) is 8.32 Å². The molecule has 0 bridgehead atoms. The molecule has 0 amide bonds. The van der Waals surface area contributed by atoms with Gasteiger partial charge in [-0.25, -0.2) is 0 Å². The highest BCUT2D eigenvalue weighted by atomic mass is 28.4. The molecule has 0 aromatic heterocycles. The fourth-order valence-corrected chi connectivity index (χ4v) is 4.21. The van der Waals surface area contributed by atoms with Gasteiger partial charge in [0.05, 0.1) is 19.8 Å². The SMILES string of the molecule is COc1ccc(CO[C@H](C(=O)C=[N+]=[N-])[C@@H](C)CC[C@H](O)[C@H](C)CO[Si](C)(C)C(C)(C)C)cc1. The average molecular weight is 479 g/mol. The molecule has 0 aliphatic carbocycles. The molecule has 0 spiro atoms. The van der Waals surface area contributed by atoms with Gasteiger partial charge in [-0.3, -0.25) is 4.79 Å². The number of ether oxygens (including phenoxy) is 2. The highest BCUT2D eigenvalue weighted by Gasteiger charge is 2.37. The van der Waals surface area contributed by atoms with E-state index in [-0.39, 0.29) is 23.5 Å². The predicted octanol–water partition coefficient (Wildman–Crippen LogP) is 4.89. The number of methoxy groups -OCH3 is 1. The second kappa shape index (κ2) is 13.2. The lowest BCUT2D eigenvalue weighted by atomic mass is 9.91. The first-order chi connectivity index (χ1) is 15.3. The Balaban J connectivity index is 2.67. The number of ketones is 1. The number of rotatable bonds is 14. The number of carbonyl (C=O) groups is 1. The standard InChI is InChI=1S/C25H42N2O5Si/c1-18(9-14-22(28)19(2)16-32-33(7,8)25(3,4)5)24(23(29)15-27-26)31-17-20-10-12-21(30-6)13-11-20/h10-13,15,18-19,22,24,28H,9,14,16-17H2,1-8H3/t18-,19+,22-,24-/m0/s1. The van der Waals surface area contributed by atoms with Crippen LogP contribution in [0.5, 0.6) is 5.75 Å². The van der Waals surface area contributed by atoms with E-state index >= 15 is 0 Å². The van der Waals surface area contributed by atoms with Crippen LogP contribution in [0.4, 0.5) is 0 Å². The summed E-state index contributed by atoms with van der Waals surface area (Å²) in [6.45, 7) is 15.6. The molecule has 1 N–H and O–H groups in total. The molecule has 0 saturated heterocycles. The lowest BCUT2D eigenvalue weighted by Crippen LogP contribution is -2.42. The third-order valence-corrected chi connectivity index (χ3v) is 11.2. The topological polar surface area (TPSA) is 101 Å². The summed E-state index contributed by atoms with van der Waals surface area (Å²) < 4.78 is 17.3. The number of nitrogens with zero attached hydrogens (tertiary/aromatic N) is 2. The van der Waals surface area contributed by atoms with Crippen LogP contribution in [0.3, 0.4) is 0 Å². The van der Waals surface area contributed by atoms with Crippen LogP contribution >= 0.6 is 0 Å². The van der Waals surface area contributed by atoms with Crippen LogP contribution in [-0.4, -0.2) is 56.1 Å². The van der Waals surface area contributed by atoms with E-state index in [2.05, 4.69) is 38.7 Å². The second-order valence-corrected chi connectivity index (χ2v) is 15.2. The van der Waals surface area contributed by atoms with E-state index in [1.165, 1.54) is 0 Å². The molecule has 1 aromatic rings. The number of aliphatic hydroxyl groups excluding tert-OH is 1. The Morgan fingerprint density at radius 3 is 2.27 bits per heavy atom. The molecule has 1 aromatic carbocycles. The molecule has 0 heterocycles. The van der Waals surface area contributed by atoms with Crippen molar-refractivity contribution in [1.29, 1.82) is 0 Å². The maximum absolute atomic E-state index is 12.5. The van der Waals surface area contributed by atoms with Crippen molar-refractivity contribution in [3.63, 3.8) is 0 Å². The largest absolute Gasteiger partial charge is 0.497 e. The number of hydrogen-bond acceptors (Lipinski definition) is 5. The molecule has 0 radical (unpaired) electrons. The summed E-state index contributed by atoms with van der Waals surface area (Å²) in [4.78, 5) is 15.3. The molecule has 1 rings (SSSR count). The Morgan fingerprint density at radius 1 is 1.15 bits per heavy atom. The maximum Gasteiger partial charge on any atom is 0.325 e. The Kier molecular flexibility index (Phi) is 11.6. The van der Waals surface area contributed by atoms with Gasteiger partial charge in [0, 0.05) is 12.5 Å². The van der Waals surface area contributed by atoms with Crippen LogP contribution in [0, 0.1) is 11.8 Å². The minimum Gasteiger partial charge on any atom is -0.497 e. The quantitative estimate of drug-likeness (QED) is 0.178. The summed E-state index contributed by atoms with van der Waals surface area (Å²) in [5.74, 6) is 0.159. The molecule has 7 nitrogen and oxygen atoms in total. The molecular weight excluding hydrogens is 436 g/mol. The zero-order chi connectivity index (χ0) is 25.2. The molecule has 0 fully saturated rings. The summed E-state index contributed by atoms with van der Waals surface area (Å²) in [7, 11) is -0.269. The third kappa shape index (κ3) is 9.51. The van der Waals surface area contributed by atoms with Crippen molar-refractivity contribution in [2.75, 3.05) is 13.7 Å². The van der Waals surface area contributed by atoms with Crippen LogP contribution in [0.15, 0.2) is 24.3 Å². The zero-order valence-corrected chi connectivity index (χ0v) is 22.5. The predicted molar refractivity (Wildman–Crippen MR) is 133 cm³/mol. The van der Waals surface area contributed by atoms with Gasteiger partial charge in [-0.2, -0.15) is 4.79 Å². The van der Waals surface area contributed by atoms with Gasteiger partial charge in [-0.15, -0.1) is 0 Å². The molecule has 8 heteroatoms. The number of hydrogen-bond donors (Lipinski definition) is 1. The molecule has 33 heavy (non-hydrogen) atoms. The number of benzene rings is 1. The summed E-state index contributed by atoms with van der Waals surface area (Å²) in [5, 5.41) is 10.8. The lowest BCUT2D eigenvalue weighted by molar-refractivity contribution is -0.131. The fraction of sp³-hybridized carbons (Fsp3) is 0.680. The summed E-state index contributed by atoms with van der Waals surface area (Å²) in [5.41, 5.74) is 9.71. The minimum atomic E-state index is -1.87. The Bertz CT molecular complexity index is 785. The summed E-state index contributed by atoms with van der Waals surface area (Å²) in [6.07, 6.45) is 0.676. The molecular formula is C25H42N2O5Si.